The summed E-state index contributed by atoms with van der Waals surface area (Å²) < 4.78 is 42.4. The van der Waals surface area contributed by atoms with Gasteiger partial charge in [-0.25, -0.2) is 14.6 Å². The molecule has 0 radical (unpaired) electrons. The van der Waals surface area contributed by atoms with Gasteiger partial charge in [-0.1, -0.05) is 26.0 Å². The van der Waals surface area contributed by atoms with Crippen LogP contribution in [0.15, 0.2) is 28.7 Å². The number of hydrogen-bond donors (Lipinski definition) is 1. The van der Waals surface area contributed by atoms with Gasteiger partial charge in [-0.15, -0.1) is 15.3 Å². The number of rotatable bonds is 4. The third kappa shape index (κ3) is 3.59. The minimum atomic E-state index is -4.65. The summed E-state index contributed by atoms with van der Waals surface area (Å²) in [5.74, 6) is 1.10. The van der Waals surface area contributed by atoms with Gasteiger partial charge in [0, 0.05) is 42.0 Å². The van der Waals surface area contributed by atoms with Gasteiger partial charge in [-0.05, 0) is 12.5 Å². The third-order valence-electron chi connectivity index (χ3n) is 5.77. The van der Waals surface area contributed by atoms with Crippen molar-refractivity contribution in [1.29, 1.82) is 0 Å². The van der Waals surface area contributed by atoms with Crippen LogP contribution in [0.3, 0.4) is 0 Å². The number of fused-ring (bicyclic) bond motifs is 1. The molecule has 0 bridgehead atoms. The number of nitrogens with zero attached hydrogens (tertiary/aromatic N) is 9. The van der Waals surface area contributed by atoms with Gasteiger partial charge < -0.3 is 10.0 Å². The summed E-state index contributed by atoms with van der Waals surface area (Å²) in [7, 11) is 0. The molecule has 2 aliphatic heterocycles. The van der Waals surface area contributed by atoms with Crippen LogP contribution in [-0.4, -0.2) is 60.4 Å². The van der Waals surface area contributed by atoms with Crippen molar-refractivity contribution in [1.82, 2.24) is 29.9 Å². The minimum Gasteiger partial charge on any atom is -0.391 e. The van der Waals surface area contributed by atoms with Gasteiger partial charge in [0.25, 0.3) is 0 Å². The van der Waals surface area contributed by atoms with E-state index in [-0.39, 0.29) is 17.7 Å². The minimum absolute atomic E-state index is 0.0504. The molecule has 0 amide bonds. The number of β-amino-alcohol motifs (C(OH)–C–C–N with tert-alkyl or cyclic N) is 1. The lowest BCUT2D eigenvalue weighted by molar-refractivity contribution is -0.166. The number of aliphatic hydroxyl groups excluding tert-OH is 1. The van der Waals surface area contributed by atoms with Crippen LogP contribution in [0.25, 0.3) is 11.2 Å². The first-order valence-electron chi connectivity index (χ1n) is 10.5. The van der Waals surface area contributed by atoms with Crippen LogP contribution in [0, 0.1) is 0 Å². The maximum atomic E-state index is 13.6. The van der Waals surface area contributed by atoms with Gasteiger partial charge in [0.2, 0.25) is 0 Å². The van der Waals surface area contributed by atoms with Crippen molar-refractivity contribution in [2.75, 3.05) is 18.0 Å². The first-order chi connectivity index (χ1) is 15.5. The SMILES string of the molecule is CC(C)(C)c1nc(N2CC[C@H](O)C2)c2nnn(Cc3cnccc3C3(C(F)(F)F)N=N3)c2n1. The molecule has 3 aromatic rings. The smallest absolute Gasteiger partial charge is 0.391 e. The molecule has 33 heavy (non-hydrogen) atoms. The summed E-state index contributed by atoms with van der Waals surface area (Å²) >= 11 is 0. The zero-order valence-electron chi connectivity index (χ0n) is 18.2. The largest absolute Gasteiger partial charge is 0.442 e. The maximum absolute atomic E-state index is 13.6. The highest BCUT2D eigenvalue weighted by atomic mass is 19.4. The molecule has 0 spiro atoms. The summed E-state index contributed by atoms with van der Waals surface area (Å²) in [5.41, 5.74) is -1.98. The maximum Gasteiger partial charge on any atom is 0.442 e. The Morgan fingerprint density at radius 3 is 2.55 bits per heavy atom. The number of anilines is 1. The van der Waals surface area contributed by atoms with Crippen LogP contribution in [0.1, 0.15) is 44.1 Å². The van der Waals surface area contributed by atoms with Crippen molar-refractivity contribution >= 4 is 17.0 Å². The lowest BCUT2D eigenvalue weighted by atomic mass is 9.95. The Morgan fingerprint density at radius 1 is 1.18 bits per heavy atom. The van der Waals surface area contributed by atoms with Crippen molar-refractivity contribution in [3.05, 3.63) is 35.4 Å². The average molecular weight is 461 g/mol. The Hall–Kier alpha value is -3.22. The zero-order chi connectivity index (χ0) is 23.6. The monoisotopic (exact) mass is 461 g/mol. The average Bonchev–Trinajstić information content (AvgIpc) is 3.31. The molecule has 174 valence electrons. The number of aromatic nitrogens is 6. The van der Waals surface area contributed by atoms with Crippen molar-refractivity contribution < 1.29 is 18.3 Å². The Balaban J connectivity index is 1.60. The molecule has 1 N–H and O–H groups in total. The second kappa shape index (κ2) is 7.14. The molecule has 13 heteroatoms. The van der Waals surface area contributed by atoms with Crippen LogP contribution in [-0.2, 0) is 17.6 Å². The highest BCUT2D eigenvalue weighted by molar-refractivity contribution is 5.83. The zero-order valence-corrected chi connectivity index (χ0v) is 18.2. The molecule has 2 aliphatic rings. The molecular weight excluding hydrogens is 439 g/mol. The molecule has 5 heterocycles. The number of pyridine rings is 1. The summed E-state index contributed by atoms with van der Waals surface area (Å²) in [6, 6.07) is 1.27. The van der Waals surface area contributed by atoms with Gasteiger partial charge in [-0.3, -0.25) is 4.98 Å². The third-order valence-corrected chi connectivity index (χ3v) is 5.77. The van der Waals surface area contributed by atoms with E-state index in [1.807, 2.05) is 25.7 Å². The number of alkyl halides is 3. The topological polar surface area (TPSA) is 118 Å². The second-order valence-electron chi connectivity index (χ2n) is 9.33. The molecule has 1 fully saturated rings. The van der Waals surface area contributed by atoms with E-state index < -0.39 is 23.4 Å². The van der Waals surface area contributed by atoms with Gasteiger partial charge in [0.05, 0.1) is 12.6 Å². The number of hydrogen-bond acceptors (Lipinski definition) is 9. The van der Waals surface area contributed by atoms with Crippen molar-refractivity contribution in [3.63, 3.8) is 0 Å². The highest BCUT2D eigenvalue weighted by Gasteiger charge is 2.65. The van der Waals surface area contributed by atoms with E-state index in [1.165, 1.54) is 23.1 Å². The van der Waals surface area contributed by atoms with E-state index in [1.54, 1.807) is 0 Å². The van der Waals surface area contributed by atoms with Crippen LogP contribution >= 0.6 is 0 Å². The Kier molecular flexibility index (Phi) is 4.68. The molecule has 0 unspecified atom stereocenters. The summed E-state index contributed by atoms with van der Waals surface area (Å²) in [6.45, 7) is 6.86. The fourth-order valence-corrected chi connectivity index (χ4v) is 3.92. The molecule has 10 nitrogen and oxygen atoms in total. The predicted molar refractivity (Wildman–Crippen MR) is 111 cm³/mol. The van der Waals surface area contributed by atoms with Gasteiger partial charge in [-0.2, -0.15) is 13.2 Å². The number of halogens is 3. The molecular formula is C20H22F3N9O. The molecule has 0 aromatic carbocycles. The fourth-order valence-electron chi connectivity index (χ4n) is 3.92. The molecule has 3 aromatic heterocycles. The van der Waals surface area contributed by atoms with Gasteiger partial charge >= 0.3 is 11.8 Å². The molecule has 1 saturated heterocycles. The first kappa shape index (κ1) is 21.6. The summed E-state index contributed by atoms with van der Waals surface area (Å²) in [5, 5.41) is 25.0. The van der Waals surface area contributed by atoms with Crippen molar-refractivity contribution in [2.24, 2.45) is 10.2 Å². The van der Waals surface area contributed by atoms with Crippen LogP contribution in [0.5, 0.6) is 0 Å². The van der Waals surface area contributed by atoms with Crippen LogP contribution in [0.2, 0.25) is 0 Å². The quantitative estimate of drug-likeness (QED) is 0.635. The van der Waals surface area contributed by atoms with E-state index >= 15 is 0 Å². The Morgan fingerprint density at radius 2 is 1.94 bits per heavy atom. The van der Waals surface area contributed by atoms with Crippen LogP contribution < -0.4 is 4.90 Å². The van der Waals surface area contributed by atoms with E-state index in [9.17, 15) is 18.3 Å². The molecule has 1 atom stereocenters. The summed E-state index contributed by atoms with van der Waals surface area (Å²) in [6.07, 6.45) is -1.88. The van der Waals surface area contributed by atoms with Gasteiger partial charge in [0.1, 0.15) is 5.82 Å². The highest BCUT2D eigenvalue weighted by Crippen LogP contribution is 2.53. The lowest BCUT2D eigenvalue weighted by Crippen LogP contribution is -2.31. The lowest BCUT2D eigenvalue weighted by Gasteiger charge is -2.22. The van der Waals surface area contributed by atoms with Crippen molar-refractivity contribution in [3.8, 4) is 0 Å². The fraction of sp³-hybridized carbons (Fsp3) is 0.550. The number of aliphatic hydroxyl groups is 1. The van der Waals surface area contributed by atoms with E-state index in [2.05, 4.69) is 30.5 Å². The standard InChI is InChI=1S/C20H22F3N9O/c1-18(2,3)17-25-15(31-7-5-12(33)10-31)14-16(26-17)32(30-27-14)9-11-8-24-6-4-13(11)19(28-29-19)20(21,22)23/h4,6,8,12,33H,5,7,9-10H2,1-3H3/t12-/m0/s1. The summed E-state index contributed by atoms with van der Waals surface area (Å²) in [4.78, 5) is 15.3. The first-order valence-corrected chi connectivity index (χ1v) is 10.5. The van der Waals surface area contributed by atoms with Crippen LogP contribution in [0.4, 0.5) is 19.0 Å². The van der Waals surface area contributed by atoms with E-state index in [0.717, 1.165) is 0 Å². The molecule has 5 rings (SSSR count). The Labute approximate surface area is 186 Å². The van der Waals surface area contributed by atoms with E-state index in [0.29, 0.717) is 42.3 Å². The van der Waals surface area contributed by atoms with Gasteiger partial charge in [0.15, 0.2) is 17.0 Å². The molecule has 0 aliphatic carbocycles. The predicted octanol–water partition coefficient (Wildman–Crippen LogP) is 2.71. The van der Waals surface area contributed by atoms with Crippen molar-refractivity contribution in [2.45, 2.75) is 57.1 Å². The normalized spacial score (nSPS) is 20.1. The van der Waals surface area contributed by atoms with E-state index in [4.69, 9.17) is 4.98 Å². The molecule has 0 saturated carbocycles. The Bertz CT molecular complexity index is 1240. The second-order valence-corrected chi connectivity index (χ2v) is 9.33.